The molecule has 0 radical (unpaired) electrons. The van der Waals surface area contributed by atoms with Crippen molar-refractivity contribution >= 4 is 45.6 Å². The van der Waals surface area contributed by atoms with E-state index in [-0.39, 0.29) is 0 Å². The zero-order chi connectivity index (χ0) is 19.7. The second-order valence-corrected chi connectivity index (χ2v) is 7.52. The minimum Gasteiger partial charge on any atom is -0.353 e. The van der Waals surface area contributed by atoms with Crippen LogP contribution in [0.25, 0.3) is 22.4 Å². The van der Waals surface area contributed by atoms with Crippen LogP contribution in [0.15, 0.2) is 54.7 Å². The van der Waals surface area contributed by atoms with Gasteiger partial charge in [-0.15, -0.1) is 0 Å². The van der Waals surface area contributed by atoms with E-state index >= 15 is 0 Å². The molecule has 0 aliphatic rings. The SMILES string of the molecule is CCCn1c(-c2ccc(Nc3ccc(C)nc3)c(Cl)c2)nc2cccc(Cl)c21. The van der Waals surface area contributed by atoms with Crippen LogP contribution in [0.2, 0.25) is 10.0 Å². The summed E-state index contributed by atoms with van der Waals surface area (Å²) in [5, 5.41) is 4.64. The zero-order valence-electron chi connectivity index (χ0n) is 15.7. The molecule has 4 aromatic rings. The Hall–Kier alpha value is -2.56. The molecule has 0 saturated carbocycles. The fraction of sp³-hybridized carbons (Fsp3) is 0.182. The molecular formula is C22H20Cl2N4. The molecule has 2 aromatic heterocycles. The van der Waals surface area contributed by atoms with Crippen molar-refractivity contribution in [3.8, 4) is 11.4 Å². The van der Waals surface area contributed by atoms with Crippen molar-refractivity contribution in [2.24, 2.45) is 0 Å². The zero-order valence-corrected chi connectivity index (χ0v) is 17.2. The first kappa shape index (κ1) is 18.8. The molecule has 4 nitrogen and oxygen atoms in total. The lowest BCUT2D eigenvalue weighted by molar-refractivity contribution is 0.704. The van der Waals surface area contributed by atoms with Crippen molar-refractivity contribution < 1.29 is 0 Å². The summed E-state index contributed by atoms with van der Waals surface area (Å²) >= 11 is 13.0. The molecule has 2 heterocycles. The molecular weight excluding hydrogens is 391 g/mol. The lowest BCUT2D eigenvalue weighted by Gasteiger charge is -2.12. The average Bonchev–Trinajstić information content (AvgIpc) is 3.05. The molecule has 0 bridgehead atoms. The van der Waals surface area contributed by atoms with Crippen LogP contribution in [-0.4, -0.2) is 14.5 Å². The predicted molar refractivity (Wildman–Crippen MR) is 118 cm³/mol. The maximum atomic E-state index is 6.57. The van der Waals surface area contributed by atoms with E-state index in [0.29, 0.717) is 10.0 Å². The second kappa shape index (κ2) is 7.82. The summed E-state index contributed by atoms with van der Waals surface area (Å²) in [5.74, 6) is 0.871. The summed E-state index contributed by atoms with van der Waals surface area (Å²) < 4.78 is 2.17. The molecule has 0 unspecified atom stereocenters. The number of aryl methyl sites for hydroxylation is 2. The van der Waals surface area contributed by atoms with E-state index in [1.807, 2.05) is 55.5 Å². The highest BCUT2D eigenvalue weighted by molar-refractivity contribution is 6.35. The topological polar surface area (TPSA) is 42.7 Å². The molecule has 0 fully saturated rings. The Morgan fingerprint density at radius 2 is 1.89 bits per heavy atom. The summed E-state index contributed by atoms with van der Waals surface area (Å²) in [6.07, 6.45) is 2.78. The number of nitrogens with one attached hydrogen (secondary N) is 1. The van der Waals surface area contributed by atoms with Gasteiger partial charge >= 0.3 is 0 Å². The van der Waals surface area contributed by atoms with E-state index in [9.17, 15) is 0 Å². The maximum absolute atomic E-state index is 6.57. The Kier molecular flexibility index (Phi) is 5.25. The molecule has 0 spiro atoms. The lowest BCUT2D eigenvalue weighted by atomic mass is 10.2. The molecule has 1 N–H and O–H groups in total. The van der Waals surface area contributed by atoms with Crippen molar-refractivity contribution in [2.45, 2.75) is 26.8 Å². The van der Waals surface area contributed by atoms with Crippen LogP contribution in [0.1, 0.15) is 19.0 Å². The van der Waals surface area contributed by atoms with E-state index in [1.165, 1.54) is 0 Å². The molecule has 142 valence electrons. The van der Waals surface area contributed by atoms with Gasteiger partial charge in [0.05, 0.1) is 38.7 Å². The fourth-order valence-electron chi connectivity index (χ4n) is 3.26. The molecule has 0 saturated heterocycles. The highest BCUT2D eigenvalue weighted by Gasteiger charge is 2.15. The Balaban J connectivity index is 1.74. The summed E-state index contributed by atoms with van der Waals surface area (Å²) in [7, 11) is 0. The number of hydrogen-bond donors (Lipinski definition) is 1. The lowest BCUT2D eigenvalue weighted by Crippen LogP contribution is -2.00. The van der Waals surface area contributed by atoms with E-state index in [2.05, 4.69) is 21.8 Å². The number of para-hydroxylation sites is 1. The summed E-state index contributed by atoms with van der Waals surface area (Å²) in [5.41, 5.74) is 5.50. The van der Waals surface area contributed by atoms with Gasteiger partial charge in [0, 0.05) is 17.8 Å². The van der Waals surface area contributed by atoms with Crippen molar-refractivity contribution in [3.63, 3.8) is 0 Å². The molecule has 0 atom stereocenters. The van der Waals surface area contributed by atoms with E-state index in [1.54, 1.807) is 6.20 Å². The Bertz CT molecular complexity index is 1130. The van der Waals surface area contributed by atoms with Gasteiger partial charge in [-0.1, -0.05) is 36.2 Å². The second-order valence-electron chi connectivity index (χ2n) is 6.70. The van der Waals surface area contributed by atoms with Gasteiger partial charge in [0.25, 0.3) is 0 Å². The highest BCUT2D eigenvalue weighted by atomic mass is 35.5. The molecule has 0 amide bonds. The Morgan fingerprint density at radius 1 is 1.04 bits per heavy atom. The summed E-state index contributed by atoms with van der Waals surface area (Å²) in [6, 6.07) is 15.7. The number of nitrogens with zero attached hydrogens (tertiary/aromatic N) is 3. The molecule has 4 rings (SSSR count). The number of halogens is 2. The van der Waals surface area contributed by atoms with Gasteiger partial charge in [0.1, 0.15) is 5.82 Å². The number of pyridine rings is 1. The van der Waals surface area contributed by atoms with Crippen LogP contribution in [-0.2, 0) is 6.54 Å². The van der Waals surface area contributed by atoms with E-state index in [4.69, 9.17) is 28.2 Å². The third-order valence-electron chi connectivity index (χ3n) is 4.58. The predicted octanol–water partition coefficient (Wildman–Crippen LogP) is 6.87. The number of fused-ring (bicyclic) bond motifs is 1. The summed E-state index contributed by atoms with van der Waals surface area (Å²) in [6.45, 7) is 4.94. The van der Waals surface area contributed by atoms with E-state index < -0.39 is 0 Å². The average molecular weight is 411 g/mol. The monoisotopic (exact) mass is 410 g/mol. The van der Waals surface area contributed by atoms with E-state index in [0.717, 1.165) is 52.5 Å². The third-order valence-corrected chi connectivity index (χ3v) is 5.20. The van der Waals surface area contributed by atoms with Gasteiger partial charge in [0.15, 0.2) is 0 Å². The molecule has 28 heavy (non-hydrogen) atoms. The minimum absolute atomic E-state index is 0.624. The van der Waals surface area contributed by atoms with Gasteiger partial charge in [0.2, 0.25) is 0 Å². The normalized spacial score (nSPS) is 11.1. The largest absolute Gasteiger partial charge is 0.353 e. The molecule has 0 aliphatic heterocycles. The number of hydrogen-bond acceptors (Lipinski definition) is 3. The van der Waals surface area contributed by atoms with Crippen molar-refractivity contribution in [1.29, 1.82) is 0 Å². The minimum atomic E-state index is 0.624. The van der Waals surface area contributed by atoms with Gasteiger partial charge in [-0.3, -0.25) is 4.98 Å². The van der Waals surface area contributed by atoms with Crippen LogP contribution in [0, 0.1) is 6.92 Å². The van der Waals surface area contributed by atoms with Crippen LogP contribution in [0.3, 0.4) is 0 Å². The summed E-state index contributed by atoms with van der Waals surface area (Å²) in [4.78, 5) is 9.12. The quantitative estimate of drug-likeness (QED) is 0.390. The Labute approximate surface area is 174 Å². The number of aromatic nitrogens is 3. The van der Waals surface area contributed by atoms with Crippen molar-refractivity contribution in [1.82, 2.24) is 14.5 Å². The number of imidazole rings is 1. The first-order valence-electron chi connectivity index (χ1n) is 9.21. The van der Waals surface area contributed by atoms with Crippen LogP contribution < -0.4 is 5.32 Å². The van der Waals surface area contributed by atoms with Crippen LogP contribution >= 0.6 is 23.2 Å². The number of rotatable bonds is 5. The fourth-order valence-corrected chi connectivity index (χ4v) is 3.76. The van der Waals surface area contributed by atoms with Gasteiger partial charge < -0.3 is 9.88 Å². The molecule has 6 heteroatoms. The smallest absolute Gasteiger partial charge is 0.141 e. The Morgan fingerprint density at radius 3 is 2.61 bits per heavy atom. The highest BCUT2D eigenvalue weighted by Crippen LogP contribution is 2.34. The van der Waals surface area contributed by atoms with Crippen molar-refractivity contribution in [3.05, 3.63) is 70.5 Å². The van der Waals surface area contributed by atoms with Gasteiger partial charge in [-0.25, -0.2) is 4.98 Å². The standard InChI is InChI=1S/C22H20Cl2N4/c1-3-11-28-21-17(23)5-4-6-20(21)27-22(28)15-8-10-19(18(24)12-15)26-16-9-7-14(2)25-13-16/h4-10,12-13,26H,3,11H2,1-2H3. The molecule has 0 aliphatic carbocycles. The van der Waals surface area contributed by atoms with Crippen LogP contribution in [0.4, 0.5) is 11.4 Å². The first-order chi connectivity index (χ1) is 13.6. The molecule has 2 aromatic carbocycles. The number of anilines is 2. The number of benzene rings is 2. The maximum Gasteiger partial charge on any atom is 0.141 e. The van der Waals surface area contributed by atoms with Gasteiger partial charge in [-0.2, -0.15) is 0 Å². The van der Waals surface area contributed by atoms with Crippen molar-refractivity contribution in [2.75, 3.05) is 5.32 Å². The third kappa shape index (κ3) is 3.58. The van der Waals surface area contributed by atoms with Gasteiger partial charge in [-0.05, 0) is 55.8 Å². The first-order valence-corrected chi connectivity index (χ1v) is 9.96. The van der Waals surface area contributed by atoms with Crippen LogP contribution in [0.5, 0.6) is 0 Å².